The lowest BCUT2D eigenvalue weighted by molar-refractivity contribution is 0.00633. The molecule has 2 aromatic rings. The van der Waals surface area contributed by atoms with E-state index >= 15 is 0 Å². The average Bonchev–Trinajstić information content (AvgIpc) is 2.50. The predicted octanol–water partition coefficient (Wildman–Crippen LogP) is 2.15. The number of nitrogen functional groups attached to an aromatic ring is 1. The van der Waals surface area contributed by atoms with Crippen LogP contribution in [0.4, 0.5) is 5.82 Å². The lowest BCUT2D eigenvalue weighted by Gasteiger charge is -2.12. The molecular weight excluding hydrogens is 333 g/mol. The zero-order valence-corrected chi connectivity index (χ0v) is 12.9. The molecule has 0 aliphatic heterocycles. The lowest BCUT2D eigenvalue weighted by atomic mass is 10.1. The molecule has 3 N–H and O–H groups in total. The Labute approximate surface area is 135 Å². The van der Waals surface area contributed by atoms with Gasteiger partial charge in [0.25, 0.3) is 0 Å². The van der Waals surface area contributed by atoms with E-state index in [2.05, 4.69) is 14.7 Å². The highest BCUT2D eigenvalue weighted by Gasteiger charge is 2.22. The Bertz CT molecular complexity index is 725. The lowest BCUT2D eigenvalue weighted by Crippen LogP contribution is -2.14. The van der Waals surface area contributed by atoms with Gasteiger partial charge in [0.05, 0.1) is 17.2 Å². The Hall–Kier alpha value is -2.09. The molecule has 2 rings (SSSR count). The van der Waals surface area contributed by atoms with Crippen molar-refractivity contribution in [2.45, 2.75) is 0 Å². The number of esters is 1. The molecule has 116 valence electrons. The molecule has 0 saturated heterocycles. The van der Waals surface area contributed by atoms with Crippen LogP contribution in [0.5, 0.6) is 5.88 Å². The molecule has 0 bridgehead atoms. The van der Waals surface area contributed by atoms with Crippen molar-refractivity contribution in [3.63, 3.8) is 0 Å². The van der Waals surface area contributed by atoms with Gasteiger partial charge in [-0.05, 0) is 6.07 Å². The van der Waals surface area contributed by atoms with Crippen molar-refractivity contribution in [1.29, 1.82) is 0 Å². The molecule has 0 amide bonds. The van der Waals surface area contributed by atoms with Crippen LogP contribution in [-0.4, -0.2) is 34.9 Å². The summed E-state index contributed by atoms with van der Waals surface area (Å²) in [7, 11) is 1.37. The molecule has 0 saturated carbocycles. The Morgan fingerprint density at radius 3 is 2.73 bits per heavy atom. The fraction of sp³-hybridized carbons (Fsp3) is 0.154. The second-order valence-corrected chi connectivity index (χ2v) is 4.76. The molecule has 22 heavy (non-hydrogen) atoms. The first-order valence-corrected chi connectivity index (χ1v) is 6.69. The minimum absolute atomic E-state index is 0.0715. The van der Waals surface area contributed by atoms with Crippen molar-refractivity contribution >= 4 is 35.0 Å². The molecule has 1 heterocycles. The zero-order valence-electron chi connectivity index (χ0n) is 11.3. The van der Waals surface area contributed by atoms with E-state index in [-0.39, 0.29) is 28.1 Å². The summed E-state index contributed by atoms with van der Waals surface area (Å²) < 4.78 is 9.57. The number of carbonyl (C=O) groups is 1. The first-order valence-electron chi connectivity index (χ1n) is 5.93. The molecule has 0 aliphatic carbocycles. The van der Waals surface area contributed by atoms with Gasteiger partial charge in [0.1, 0.15) is 5.69 Å². The smallest absolute Gasteiger partial charge is 0.362 e. The molecule has 0 atom stereocenters. The van der Waals surface area contributed by atoms with E-state index in [1.165, 1.54) is 7.11 Å². The molecular formula is C13H11Cl2N3O4. The van der Waals surface area contributed by atoms with Crippen molar-refractivity contribution < 1.29 is 19.4 Å². The van der Waals surface area contributed by atoms with E-state index in [9.17, 15) is 4.79 Å². The van der Waals surface area contributed by atoms with E-state index in [1.54, 1.807) is 18.2 Å². The number of aromatic nitrogens is 2. The standard InChI is InChI=1S/C13H11Cl2N3O4/c1-21-12-9(6-3-2-4-7(14)8(6)15)17-10(11(16)18-12)13(20)22-5-19/h2-4,19H,5H2,1H3,(H2,16,18). The summed E-state index contributed by atoms with van der Waals surface area (Å²) in [6.45, 7) is -0.806. The van der Waals surface area contributed by atoms with Gasteiger partial charge in [-0.2, -0.15) is 4.98 Å². The van der Waals surface area contributed by atoms with E-state index in [1.807, 2.05) is 0 Å². The van der Waals surface area contributed by atoms with Gasteiger partial charge in [-0.15, -0.1) is 0 Å². The van der Waals surface area contributed by atoms with E-state index in [4.69, 9.17) is 38.8 Å². The number of benzene rings is 1. The molecule has 0 spiro atoms. The number of aliphatic hydroxyl groups is 1. The fourth-order valence-corrected chi connectivity index (χ4v) is 2.10. The Kier molecular flexibility index (Phi) is 5.02. The monoisotopic (exact) mass is 343 g/mol. The minimum Gasteiger partial charge on any atom is -0.479 e. The maximum absolute atomic E-state index is 11.7. The van der Waals surface area contributed by atoms with Crippen LogP contribution in [-0.2, 0) is 4.74 Å². The number of methoxy groups -OCH3 is 1. The van der Waals surface area contributed by atoms with Crippen molar-refractivity contribution in [3.8, 4) is 17.1 Å². The van der Waals surface area contributed by atoms with Gasteiger partial charge in [-0.1, -0.05) is 35.3 Å². The normalized spacial score (nSPS) is 10.4. The fourth-order valence-electron chi connectivity index (χ4n) is 1.71. The summed E-state index contributed by atoms with van der Waals surface area (Å²) in [5.74, 6) is -1.05. The van der Waals surface area contributed by atoms with Crippen molar-refractivity contribution in [1.82, 2.24) is 9.97 Å². The quantitative estimate of drug-likeness (QED) is 0.646. The van der Waals surface area contributed by atoms with E-state index in [0.717, 1.165) is 0 Å². The summed E-state index contributed by atoms with van der Waals surface area (Å²) >= 11 is 12.1. The van der Waals surface area contributed by atoms with Gasteiger partial charge in [0.2, 0.25) is 5.88 Å². The maximum atomic E-state index is 11.7. The third-order valence-electron chi connectivity index (χ3n) is 2.68. The van der Waals surface area contributed by atoms with Gasteiger partial charge in [-0.3, -0.25) is 0 Å². The summed E-state index contributed by atoms with van der Waals surface area (Å²) in [5, 5.41) is 9.19. The number of ether oxygens (including phenoxy) is 2. The molecule has 9 heteroatoms. The van der Waals surface area contributed by atoms with Crippen LogP contribution in [0.2, 0.25) is 10.0 Å². The molecule has 1 aromatic heterocycles. The van der Waals surface area contributed by atoms with Crippen LogP contribution in [0.3, 0.4) is 0 Å². The highest BCUT2D eigenvalue weighted by molar-refractivity contribution is 6.43. The summed E-state index contributed by atoms with van der Waals surface area (Å²) in [6, 6.07) is 4.90. The molecule has 0 fully saturated rings. The summed E-state index contributed by atoms with van der Waals surface area (Å²) in [6.07, 6.45) is 0. The second kappa shape index (κ2) is 6.78. The number of aliphatic hydroxyl groups excluding tert-OH is 1. The summed E-state index contributed by atoms with van der Waals surface area (Å²) in [4.78, 5) is 19.8. The van der Waals surface area contributed by atoms with Gasteiger partial charge < -0.3 is 20.3 Å². The van der Waals surface area contributed by atoms with Crippen LogP contribution in [0.25, 0.3) is 11.3 Å². The first kappa shape index (κ1) is 16.3. The van der Waals surface area contributed by atoms with Crippen molar-refractivity contribution in [2.24, 2.45) is 0 Å². The molecule has 1 aromatic carbocycles. The first-order chi connectivity index (χ1) is 10.5. The number of nitrogens with zero attached hydrogens (tertiary/aromatic N) is 2. The number of hydrogen-bond donors (Lipinski definition) is 2. The predicted molar refractivity (Wildman–Crippen MR) is 81.0 cm³/mol. The third kappa shape index (κ3) is 3.06. The second-order valence-electron chi connectivity index (χ2n) is 3.98. The number of hydrogen-bond acceptors (Lipinski definition) is 7. The Morgan fingerprint density at radius 1 is 1.36 bits per heavy atom. The number of nitrogens with two attached hydrogens (primary N) is 1. The summed E-state index contributed by atoms with van der Waals surface area (Å²) in [5.41, 5.74) is 5.97. The maximum Gasteiger partial charge on any atom is 0.362 e. The number of anilines is 1. The minimum atomic E-state index is -0.922. The van der Waals surface area contributed by atoms with Gasteiger partial charge in [-0.25, -0.2) is 9.78 Å². The molecule has 0 radical (unpaired) electrons. The largest absolute Gasteiger partial charge is 0.479 e. The van der Waals surface area contributed by atoms with E-state index in [0.29, 0.717) is 10.6 Å². The molecule has 7 nitrogen and oxygen atoms in total. The molecule has 0 unspecified atom stereocenters. The number of carbonyl (C=O) groups excluding carboxylic acids is 1. The van der Waals surface area contributed by atoms with Crippen molar-refractivity contribution in [3.05, 3.63) is 33.9 Å². The molecule has 0 aliphatic rings. The Morgan fingerprint density at radius 2 is 2.09 bits per heavy atom. The highest BCUT2D eigenvalue weighted by atomic mass is 35.5. The topological polar surface area (TPSA) is 108 Å². The van der Waals surface area contributed by atoms with Crippen LogP contribution in [0.15, 0.2) is 18.2 Å². The van der Waals surface area contributed by atoms with Gasteiger partial charge in [0, 0.05) is 5.56 Å². The third-order valence-corrected chi connectivity index (χ3v) is 3.50. The van der Waals surface area contributed by atoms with Gasteiger partial charge in [0.15, 0.2) is 18.3 Å². The average molecular weight is 344 g/mol. The van der Waals surface area contributed by atoms with Crippen LogP contribution >= 0.6 is 23.2 Å². The van der Waals surface area contributed by atoms with Crippen LogP contribution in [0, 0.1) is 0 Å². The van der Waals surface area contributed by atoms with Gasteiger partial charge >= 0.3 is 5.97 Å². The Balaban J connectivity index is 2.66. The number of rotatable bonds is 4. The van der Waals surface area contributed by atoms with Crippen LogP contribution < -0.4 is 10.5 Å². The van der Waals surface area contributed by atoms with Crippen LogP contribution in [0.1, 0.15) is 10.5 Å². The zero-order chi connectivity index (χ0) is 16.3. The highest BCUT2D eigenvalue weighted by Crippen LogP contribution is 2.36. The van der Waals surface area contributed by atoms with Crippen molar-refractivity contribution in [2.75, 3.05) is 19.6 Å². The SMILES string of the molecule is COc1nc(N)c(C(=O)OCO)nc1-c1cccc(Cl)c1Cl. The van der Waals surface area contributed by atoms with E-state index < -0.39 is 12.8 Å². The number of halogens is 2.